The van der Waals surface area contributed by atoms with Gasteiger partial charge in [-0.3, -0.25) is 15.1 Å². The molecule has 1 amide bonds. The highest BCUT2D eigenvalue weighted by Gasteiger charge is 2.38. The summed E-state index contributed by atoms with van der Waals surface area (Å²) in [4.78, 5) is 22.2. The Morgan fingerprint density at radius 3 is 1.67 bits per heavy atom. The van der Waals surface area contributed by atoms with Gasteiger partial charge in [0, 0.05) is 25.1 Å². The molecule has 0 radical (unpaired) electrons. The minimum Gasteiger partial charge on any atom is -0.370 e. The van der Waals surface area contributed by atoms with Crippen LogP contribution in [0.15, 0.2) is 157 Å². The summed E-state index contributed by atoms with van der Waals surface area (Å²) in [7, 11) is 0. The smallest absolute Gasteiger partial charge is 0.227 e. The third kappa shape index (κ3) is 7.65. The van der Waals surface area contributed by atoms with Crippen LogP contribution in [-0.4, -0.2) is 28.0 Å². The summed E-state index contributed by atoms with van der Waals surface area (Å²) in [6.07, 6.45) is 5.32. The van der Waals surface area contributed by atoms with Crippen molar-refractivity contribution in [3.8, 4) is 0 Å². The van der Waals surface area contributed by atoms with E-state index >= 15 is 0 Å². The van der Waals surface area contributed by atoms with E-state index in [0.717, 1.165) is 33.5 Å². The SMILES string of the molecule is NC(=NCCCc1cn(C(c2ccccc2)(c2ccccc2)c2ccccc2)cn1)NC(=O)CC(c1ccc(F)cc1)c1ccc(F)cc1. The van der Waals surface area contributed by atoms with E-state index in [1.807, 2.05) is 24.5 Å². The Balaban J connectivity index is 1.14. The maximum Gasteiger partial charge on any atom is 0.227 e. The van der Waals surface area contributed by atoms with Crippen LogP contribution in [0.25, 0.3) is 0 Å². The molecule has 0 unspecified atom stereocenters. The van der Waals surface area contributed by atoms with Gasteiger partial charge in [0.1, 0.15) is 17.2 Å². The predicted molar refractivity (Wildman–Crippen MR) is 189 cm³/mol. The Morgan fingerprint density at radius 2 is 1.20 bits per heavy atom. The number of hydrogen-bond acceptors (Lipinski definition) is 3. The van der Waals surface area contributed by atoms with Gasteiger partial charge in [0.05, 0.1) is 12.0 Å². The summed E-state index contributed by atoms with van der Waals surface area (Å²) in [5.74, 6) is -1.51. The zero-order valence-electron chi connectivity index (χ0n) is 26.9. The number of halogens is 2. The number of nitrogens with two attached hydrogens (primary N) is 1. The average molecular weight is 654 g/mol. The van der Waals surface area contributed by atoms with E-state index in [4.69, 9.17) is 10.7 Å². The lowest BCUT2D eigenvalue weighted by Crippen LogP contribution is -2.37. The zero-order chi connectivity index (χ0) is 34.1. The quantitative estimate of drug-likeness (QED) is 0.0618. The van der Waals surface area contributed by atoms with Gasteiger partial charge in [-0.1, -0.05) is 115 Å². The maximum absolute atomic E-state index is 13.6. The predicted octanol–water partition coefficient (Wildman–Crippen LogP) is 7.59. The Morgan fingerprint density at radius 1 is 0.735 bits per heavy atom. The molecule has 0 saturated carbocycles. The summed E-state index contributed by atoms with van der Waals surface area (Å²) in [6, 6.07) is 43.1. The van der Waals surface area contributed by atoms with Gasteiger partial charge in [0.2, 0.25) is 5.91 Å². The lowest BCUT2D eigenvalue weighted by atomic mass is 9.77. The van der Waals surface area contributed by atoms with E-state index < -0.39 is 11.5 Å². The number of imidazole rings is 1. The van der Waals surface area contributed by atoms with Gasteiger partial charge in [-0.05, 0) is 64.9 Å². The fraction of sp³-hybridized carbons (Fsp3) is 0.146. The first-order chi connectivity index (χ1) is 23.9. The molecule has 246 valence electrons. The summed E-state index contributed by atoms with van der Waals surface area (Å²) in [5.41, 5.74) is 11.2. The largest absolute Gasteiger partial charge is 0.370 e. The van der Waals surface area contributed by atoms with Crippen molar-refractivity contribution in [1.29, 1.82) is 0 Å². The molecule has 8 heteroatoms. The van der Waals surface area contributed by atoms with Gasteiger partial charge in [-0.2, -0.15) is 0 Å². The third-order valence-corrected chi connectivity index (χ3v) is 8.67. The molecule has 6 aromatic rings. The second-order valence-corrected chi connectivity index (χ2v) is 11.9. The van der Waals surface area contributed by atoms with Crippen LogP contribution >= 0.6 is 0 Å². The fourth-order valence-electron chi connectivity index (χ4n) is 6.36. The van der Waals surface area contributed by atoms with Crippen molar-refractivity contribution in [1.82, 2.24) is 14.9 Å². The number of carbonyl (C=O) groups excluding carboxylic acids is 1. The molecule has 3 N–H and O–H groups in total. The molecule has 0 bridgehead atoms. The highest BCUT2D eigenvalue weighted by molar-refractivity contribution is 5.96. The van der Waals surface area contributed by atoms with Gasteiger partial charge in [0.15, 0.2) is 5.96 Å². The number of amides is 1. The van der Waals surface area contributed by atoms with E-state index in [2.05, 4.69) is 93.9 Å². The molecule has 5 aromatic carbocycles. The zero-order valence-corrected chi connectivity index (χ0v) is 26.9. The summed E-state index contributed by atoms with van der Waals surface area (Å²) >= 11 is 0. The van der Waals surface area contributed by atoms with Crippen molar-refractivity contribution >= 4 is 11.9 Å². The number of benzene rings is 5. The maximum atomic E-state index is 13.6. The van der Waals surface area contributed by atoms with Crippen LogP contribution in [-0.2, 0) is 16.8 Å². The third-order valence-electron chi connectivity index (χ3n) is 8.67. The molecule has 0 aliphatic rings. The number of nitrogens with zero attached hydrogens (tertiary/aromatic N) is 3. The molecule has 0 saturated heterocycles. The van der Waals surface area contributed by atoms with Gasteiger partial charge < -0.3 is 10.3 Å². The molecule has 6 rings (SSSR count). The summed E-state index contributed by atoms with van der Waals surface area (Å²) < 4.78 is 29.4. The first-order valence-corrected chi connectivity index (χ1v) is 16.2. The van der Waals surface area contributed by atoms with Crippen molar-refractivity contribution in [2.24, 2.45) is 10.7 Å². The molecule has 1 aromatic heterocycles. The molecule has 0 aliphatic carbocycles. The first kappa shape index (κ1) is 33.0. The van der Waals surface area contributed by atoms with Crippen LogP contribution in [0.1, 0.15) is 52.3 Å². The van der Waals surface area contributed by atoms with Gasteiger partial charge in [-0.15, -0.1) is 0 Å². The lowest BCUT2D eigenvalue weighted by molar-refractivity contribution is -0.119. The molecule has 0 fully saturated rings. The van der Waals surface area contributed by atoms with Crippen LogP contribution in [0.2, 0.25) is 0 Å². The van der Waals surface area contributed by atoms with Crippen LogP contribution in [0.3, 0.4) is 0 Å². The second kappa shape index (κ2) is 15.3. The van der Waals surface area contributed by atoms with Gasteiger partial charge >= 0.3 is 0 Å². The van der Waals surface area contributed by atoms with Gasteiger partial charge in [-0.25, -0.2) is 13.8 Å². The minimum atomic E-state index is -0.637. The Labute approximate surface area is 285 Å². The minimum absolute atomic E-state index is 0.0174. The second-order valence-electron chi connectivity index (χ2n) is 11.9. The van der Waals surface area contributed by atoms with Crippen molar-refractivity contribution in [3.63, 3.8) is 0 Å². The number of hydrogen-bond donors (Lipinski definition) is 2. The summed E-state index contributed by atoms with van der Waals surface area (Å²) in [6.45, 7) is 0.388. The van der Waals surface area contributed by atoms with E-state index in [1.54, 1.807) is 24.3 Å². The standard InChI is InChI=1S/C41H37F2N5O/c42-35-22-18-30(19-23-35)38(31-20-24-36(43)25-21-31)27-39(49)47-40(44)45-26-10-17-37-28-48(29-46-37)41(32-11-4-1-5-12-32,33-13-6-2-7-14-33)34-15-8-3-9-16-34/h1-9,11-16,18-25,28-29,38H,10,17,26-27H2,(H3,44,45,47,49). The Kier molecular flexibility index (Phi) is 10.3. The molecule has 1 heterocycles. The van der Waals surface area contributed by atoms with Crippen molar-refractivity contribution in [2.45, 2.75) is 30.7 Å². The van der Waals surface area contributed by atoms with E-state index in [-0.39, 0.29) is 29.9 Å². The first-order valence-electron chi connectivity index (χ1n) is 16.2. The van der Waals surface area contributed by atoms with Crippen LogP contribution in [0.5, 0.6) is 0 Å². The van der Waals surface area contributed by atoms with Crippen molar-refractivity contribution in [2.75, 3.05) is 6.54 Å². The molecule has 0 atom stereocenters. The number of aryl methyl sites for hydroxylation is 1. The Hall–Kier alpha value is -5.89. The van der Waals surface area contributed by atoms with Crippen LogP contribution in [0.4, 0.5) is 8.78 Å². The normalized spacial score (nSPS) is 11.9. The lowest BCUT2D eigenvalue weighted by Gasteiger charge is -2.37. The van der Waals surface area contributed by atoms with Crippen molar-refractivity contribution < 1.29 is 13.6 Å². The van der Waals surface area contributed by atoms with E-state index in [0.29, 0.717) is 19.4 Å². The number of nitrogens with one attached hydrogen (secondary N) is 1. The van der Waals surface area contributed by atoms with Crippen LogP contribution in [0, 0.1) is 11.6 Å². The highest BCUT2D eigenvalue weighted by atomic mass is 19.1. The molecular formula is C41H37F2N5O. The average Bonchev–Trinajstić information content (AvgIpc) is 3.61. The Bertz CT molecular complexity index is 1840. The topological polar surface area (TPSA) is 85.3 Å². The number of carbonyl (C=O) groups is 1. The molecule has 49 heavy (non-hydrogen) atoms. The number of aromatic nitrogens is 2. The van der Waals surface area contributed by atoms with E-state index in [9.17, 15) is 13.6 Å². The molecular weight excluding hydrogens is 616 g/mol. The number of rotatable bonds is 12. The van der Waals surface area contributed by atoms with Gasteiger partial charge in [0.25, 0.3) is 0 Å². The van der Waals surface area contributed by atoms with Crippen molar-refractivity contribution in [3.05, 3.63) is 197 Å². The number of guanidine groups is 1. The molecule has 0 aliphatic heterocycles. The highest BCUT2D eigenvalue weighted by Crippen LogP contribution is 2.40. The fourth-order valence-corrected chi connectivity index (χ4v) is 6.36. The van der Waals surface area contributed by atoms with E-state index in [1.165, 1.54) is 24.3 Å². The molecule has 6 nitrogen and oxygen atoms in total. The molecule has 0 spiro atoms. The monoisotopic (exact) mass is 653 g/mol. The number of aliphatic imine (C=N–C) groups is 1. The van der Waals surface area contributed by atoms with Crippen LogP contribution < -0.4 is 11.1 Å². The summed E-state index contributed by atoms with van der Waals surface area (Å²) in [5, 5.41) is 2.67.